The lowest BCUT2D eigenvalue weighted by molar-refractivity contribution is 0.0698. The number of carboxylic acids is 1. The number of benzene rings is 1. The van der Waals surface area contributed by atoms with Crippen molar-refractivity contribution >= 4 is 17.7 Å². The van der Waals surface area contributed by atoms with Gasteiger partial charge in [-0.15, -0.1) is 0 Å². The summed E-state index contributed by atoms with van der Waals surface area (Å²) in [4.78, 5) is 24.9. The number of carbonyl (C=O) groups excluding carboxylic acids is 1. The molecular weight excluding hydrogens is 260 g/mol. The van der Waals surface area contributed by atoms with Crippen LogP contribution < -0.4 is 10.1 Å². The molecule has 1 rings (SSSR count). The van der Waals surface area contributed by atoms with Crippen molar-refractivity contribution in [3.8, 4) is 5.75 Å². The highest BCUT2D eigenvalue weighted by Gasteiger charge is 2.16. The van der Waals surface area contributed by atoms with Crippen LogP contribution in [0.5, 0.6) is 5.75 Å². The minimum atomic E-state index is -1.10. The molecule has 6 heteroatoms. The summed E-state index contributed by atoms with van der Waals surface area (Å²) in [7, 11) is 1.48. The van der Waals surface area contributed by atoms with Gasteiger partial charge in [0.1, 0.15) is 5.75 Å². The maximum absolute atomic E-state index is 12.1. The van der Waals surface area contributed by atoms with Crippen LogP contribution in [0.15, 0.2) is 18.2 Å². The standard InChI is InChI=1S/C14H20N2O4/c1-4-8-16(5-2)14(19)15-12-9-10(20-3)6-7-11(12)13(17)18/h6-7,9H,4-5,8H2,1-3H3,(H,15,19)(H,17,18). The fourth-order valence-corrected chi connectivity index (χ4v) is 1.81. The first-order valence-electron chi connectivity index (χ1n) is 6.50. The van der Waals surface area contributed by atoms with Crippen molar-refractivity contribution in [2.45, 2.75) is 20.3 Å². The van der Waals surface area contributed by atoms with Gasteiger partial charge in [-0.3, -0.25) is 0 Å². The van der Waals surface area contributed by atoms with E-state index in [1.807, 2.05) is 13.8 Å². The van der Waals surface area contributed by atoms with Gasteiger partial charge in [0.25, 0.3) is 0 Å². The molecule has 0 aliphatic carbocycles. The molecule has 2 N–H and O–H groups in total. The van der Waals surface area contributed by atoms with E-state index in [9.17, 15) is 9.59 Å². The molecule has 0 radical (unpaired) electrons. The van der Waals surface area contributed by atoms with Crippen molar-refractivity contribution in [2.24, 2.45) is 0 Å². The summed E-state index contributed by atoms with van der Waals surface area (Å²) in [6.45, 7) is 5.03. The van der Waals surface area contributed by atoms with Crippen LogP contribution in [0.25, 0.3) is 0 Å². The molecule has 0 atom stereocenters. The summed E-state index contributed by atoms with van der Waals surface area (Å²) >= 11 is 0. The summed E-state index contributed by atoms with van der Waals surface area (Å²) in [5.41, 5.74) is 0.267. The van der Waals surface area contributed by atoms with E-state index in [2.05, 4.69) is 5.32 Å². The van der Waals surface area contributed by atoms with E-state index in [0.717, 1.165) is 6.42 Å². The lowest BCUT2D eigenvalue weighted by Gasteiger charge is -2.21. The van der Waals surface area contributed by atoms with Crippen LogP contribution in [0.4, 0.5) is 10.5 Å². The third-order valence-corrected chi connectivity index (χ3v) is 2.86. The van der Waals surface area contributed by atoms with Crippen LogP contribution in [0.2, 0.25) is 0 Å². The summed E-state index contributed by atoms with van der Waals surface area (Å²) < 4.78 is 5.05. The Hall–Kier alpha value is -2.24. The summed E-state index contributed by atoms with van der Waals surface area (Å²) in [6.07, 6.45) is 0.838. The van der Waals surface area contributed by atoms with Crippen molar-refractivity contribution in [1.29, 1.82) is 0 Å². The van der Waals surface area contributed by atoms with Crippen LogP contribution in [0, 0.1) is 0 Å². The topological polar surface area (TPSA) is 78.9 Å². The zero-order valence-electron chi connectivity index (χ0n) is 12.0. The molecule has 0 heterocycles. The lowest BCUT2D eigenvalue weighted by Crippen LogP contribution is -2.35. The van der Waals surface area contributed by atoms with E-state index in [1.165, 1.54) is 19.2 Å². The van der Waals surface area contributed by atoms with Crippen molar-refractivity contribution in [2.75, 3.05) is 25.5 Å². The van der Waals surface area contributed by atoms with Crippen LogP contribution in [-0.4, -0.2) is 42.2 Å². The van der Waals surface area contributed by atoms with E-state index >= 15 is 0 Å². The molecule has 0 bridgehead atoms. The summed E-state index contributed by atoms with van der Waals surface area (Å²) in [6, 6.07) is 4.14. The molecule has 0 aromatic heterocycles. The van der Waals surface area contributed by atoms with Gasteiger partial charge < -0.3 is 20.1 Å². The zero-order valence-corrected chi connectivity index (χ0v) is 12.0. The van der Waals surface area contributed by atoms with E-state index in [0.29, 0.717) is 18.8 Å². The Kier molecular flexibility index (Phi) is 5.83. The number of carbonyl (C=O) groups is 2. The second-order valence-electron chi connectivity index (χ2n) is 4.23. The van der Waals surface area contributed by atoms with Crippen LogP contribution >= 0.6 is 0 Å². The molecular formula is C14H20N2O4. The van der Waals surface area contributed by atoms with Gasteiger partial charge in [0.2, 0.25) is 0 Å². The smallest absolute Gasteiger partial charge is 0.337 e. The lowest BCUT2D eigenvalue weighted by atomic mass is 10.1. The van der Waals surface area contributed by atoms with Crippen molar-refractivity contribution < 1.29 is 19.4 Å². The third kappa shape index (κ3) is 3.88. The second kappa shape index (κ2) is 7.37. The molecule has 2 amide bonds. The molecule has 6 nitrogen and oxygen atoms in total. The minimum absolute atomic E-state index is 0.0340. The van der Waals surface area contributed by atoms with E-state index < -0.39 is 5.97 Å². The Bertz CT molecular complexity index is 488. The second-order valence-corrected chi connectivity index (χ2v) is 4.23. The minimum Gasteiger partial charge on any atom is -0.497 e. The van der Waals surface area contributed by atoms with Gasteiger partial charge in [-0.1, -0.05) is 6.92 Å². The number of anilines is 1. The fraction of sp³-hybridized carbons (Fsp3) is 0.429. The molecule has 20 heavy (non-hydrogen) atoms. The van der Waals surface area contributed by atoms with E-state index in [1.54, 1.807) is 11.0 Å². The average molecular weight is 280 g/mol. The Labute approximate surface area is 118 Å². The molecule has 0 saturated heterocycles. The maximum atomic E-state index is 12.1. The van der Waals surface area contributed by atoms with Crippen molar-refractivity contribution in [1.82, 2.24) is 4.90 Å². The number of hydrogen-bond acceptors (Lipinski definition) is 3. The van der Waals surface area contributed by atoms with E-state index in [-0.39, 0.29) is 17.3 Å². The summed E-state index contributed by atoms with van der Waals surface area (Å²) in [5.74, 6) is -0.606. The van der Waals surface area contributed by atoms with Crippen LogP contribution in [-0.2, 0) is 0 Å². The van der Waals surface area contributed by atoms with Gasteiger partial charge in [-0.05, 0) is 25.5 Å². The predicted molar refractivity (Wildman–Crippen MR) is 76.5 cm³/mol. The monoisotopic (exact) mass is 280 g/mol. The van der Waals surface area contributed by atoms with Crippen LogP contribution in [0.1, 0.15) is 30.6 Å². The molecule has 0 fully saturated rings. The molecule has 0 saturated carbocycles. The van der Waals surface area contributed by atoms with Gasteiger partial charge in [-0.25, -0.2) is 9.59 Å². The number of amides is 2. The molecule has 1 aromatic carbocycles. The predicted octanol–water partition coefficient (Wildman–Crippen LogP) is 2.66. The molecule has 0 aliphatic rings. The number of methoxy groups -OCH3 is 1. The highest BCUT2D eigenvalue weighted by Crippen LogP contribution is 2.23. The number of carboxylic acid groups (broad SMARTS) is 1. The summed E-state index contributed by atoms with van der Waals surface area (Å²) in [5, 5.41) is 11.8. The van der Waals surface area contributed by atoms with Gasteiger partial charge in [0.15, 0.2) is 0 Å². The highest BCUT2D eigenvalue weighted by atomic mass is 16.5. The zero-order chi connectivity index (χ0) is 15.1. The Morgan fingerprint density at radius 1 is 1.35 bits per heavy atom. The van der Waals surface area contributed by atoms with E-state index in [4.69, 9.17) is 9.84 Å². The van der Waals surface area contributed by atoms with Crippen LogP contribution in [0.3, 0.4) is 0 Å². The fourth-order valence-electron chi connectivity index (χ4n) is 1.81. The number of nitrogens with one attached hydrogen (secondary N) is 1. The number of hydrogen-bond donors (Lipinski definition) is 2. The van der Waals surface area contributed by atoms with Gasteiger partial charge in [0, 0.05) is 19.2 Å². The normalized spacial score (nSPS) is 9.95. The van der Waals surface area contributed by atoms with Gasteiger partial charge >= 0.3 is 12.0 Å². The molecule has 0 spiro atoms. The number of rotatable bonds is 6. The number of urea groups is 1. The molecule has 1 aromatic rings. The van der Waals surface area contributed by atoms with Gasteiger partial charge in [0.05, 0.1) is 18.4 Å². The number of ether oxygens (including phenoxy) is 1. The number of aromatic carboxylic acids is 1. The first-order chi connectivity index (χ1) is 9.53. The van der Waals surface area contributed by atoms with Crippen molar-refractivity contribution in [3.63, 3.8) is 0 Å². The van der Waals surface area contributed by atoms with Gasteiger partial charge in [-0.2, -0.15) is 0 Å². The highest BCUT2D eigenvalue weighted by molar-refractivity contribution is 6.00. The quantitative estimate of drug-likeness (QED) is 0.839. The molecule has 0 unspecified atom stereocenters. The Morgan fingerprint density at radius 2 is 2.05 bits per heavy atom. The Balaban J connectivity index is 2.99. The third-order valence-electron chi connectivity index (χ3n) is 2.86. The molecule has 110 valence electrons. The van der Waals surface area contributed by atoms with Crippen molar-refractivity contribution in [3.05, 3.63) is 23.8 Å². The number of nitrogens with zero attached hydrogens (tertiary/aromatic N) is 1. The maximum Gasteiger partial charge on any atom is 0.337 e. The SMILES string of the molecule is CCCN(CC)C(=O)Nc1cc(OC)ccc1C(=O)O. The first-order valence-corrected chi connectivity index (χ1v) is 6.50. The largest absolute Gasteiger partial charge is 0.497 e. The first kappa shape index (κ1) is 15.8. The molecule has 0 aliphatic heterocycles. The Morgan fingerprint density at radius 3 is 2.55 bits per heavy atom. The average Bonchev–Trinajstić information content (AvgIpc) is 2.44.